The highest BCUT2D eigenvalue weighted by Gasteiger charge is 2.19. The molecule has 0 amide bonds. The third-order valence-corrected chi connectivity index (χ3v) is 4.38. The lowest BCUT2D eigenvalue weighted by molar-refractivity contribution is 0.125. The molecule has 0 bridgehead atoms. The van der Waals surface area contributed by atoms with E-state index in [1.54, 1.807) is 22.6 Å². The van der Waals surface area contributed by atoms with Crippen LogP contribution in [0.1, 0.15) is 6.92 Å². The van der Waals surface area contributed by atoms with E-state index in [1.807, 2.05) is 0 Å². The molecule has 1 aromatic rings. The molecule has 0 radical (unpaired) electrons. The molecule has 0 fully saturated rings. The Bertz CT molecular complexity index is 568. The van der Waals surface area contributed by atoms with Gasteiger partial charge in [-0.2, -0.15) is 0 Å². The Kier molecular flexibility index (Phi) is 4.64. The lowest BCUT2D eigenvalue weighted by atomic mass is 10.4. The van der Waals surface area contributed by atoms with Gasteiger partial charge < -0.3 is 4.57 Å². The van der Waals surface area contributed by atoms with Crippen molar-refractivity contribution in [3.05, 3.63) is 26.2 Å². The molecule has 0 saturated carbocycles. The molecule has 0 aromatic carbocycles. The second kappa shape index (κ2) is 5.42. The number of hydrogen-bond acceptors (Lipinski definition) is 3. The number of nitrogens with zero attached hydrogens (tertiary/aromatic N) is 1. The van der Waals surface area contributed by atoms with Gasteiger partial charge in [0.25, 0.3) is 12.0 Å². The third-order valence-electron chi connectivity index (χ3n) is 2.07. The van der Waals surface area contributed by atoms with Crippen molar-refractivity contribution in [2.75, 3.05) is 5.75 Å². The van der Waals surface area contributed by atoms with Crippen LogP contribution in [0.4, 0.5) is 8.78 Å². The molecule has 0 saturated heterocycles. The Labute approximate surface area is 111 Å². The Morgan fingerprint density at radius 2 is 2.06 bits per heavy atom. The van der Waals surface area contributed by atoms with E-state index in [2.05, 4.69) is 0 Å². The highest BCUT2D eigenvalue weighted by molar-refractivity contribution is 14.1. The SMILES string of the molecule is CCS(=O)(=O)c1cc(I)cn(CC(F)F)c1=O. The zero-order valence-corrected chi connectivity index (χ0v) is 11.8. The van der Waals surface area contributed by atoms with E-state index in [9.17, 15) is 22.0 Å². The number of hydrogen-bond donors (Lipinski definition) is 0. The second-order valence-electron chi connectivity index (χ2n) is 3.27. The summed E-state index contributed by atoms with van der Waals surface area (Å²) in [6.07, 6.45) is -1.49. The maximum absolute atomic E-state index is 12.2. The molecule has 0 unspecified atom stereocenters. The Balaban J connectivity index is 3.45. The third kappa shape index (κ3) is 3.47. The van der Waals surface area contributed by atoms with Crippen LogP contribution in [0.2, 0.25) is 0 Å². The molecule has 0 aliphatic carbocycles. The summed E-state index contributed by atoms with van der Waals surface area (Å²) in [6, 6.07) is 1.20. The Morgan fingerprint density at radius 1 is 1.47 bits per heavy atom. The molecule has 1 rings (SSSR count). The zero-order valence-electron chi connectivity index (χ0n) is 8.86. The van der Waals surface area contributed by atoms with Gasteiger partial charge in [0.1, 0.15) is 4.90 Å². The predicted molar refractivity (Wildman–Crippen MR) is 67.1 cm³/mol. The minimum Gasteiger partial charge on any atom is -0.308 e. The first-order chi connectivity index (χ1) is 7.77. The fraction of sp³-hybridized carbons (Fsp3) is 0.444. The fourth-order valence-corrected chi connectivity index (χ4v) is 3.10. The van der Waals surface area contributed by atoms with E-state index in [4.69, 9.17) is 0 Å². The van der Waals surface area contributed by atoms with Crippen LogP contribution in [0.3, 0.4) is 0 Å². The summed E-state index contributed by atoms with van der Waals surface area (Å²) in [5.74, 6) is -0.239. The summed E-state index contributed by atoms with van der Waals surface area (Å²) >= 11 is 1.78. The van der Waals surface area contributed by atoms with Gasteiger partial charge in [0, 0.05) is 9.77 Å². The first kappa shape index (κ1) is 14.6. The first-order valence-electron chi connectivity index (χ1n) is 4.69. The van der Waals surface area contributed by atoms with Crippen LogP contribution in [0.15, 0.2) is 22.0 Å². The quantitative estimate of drug-likeness (QED) is 0.748. The van der Waals surface area contributed by atoms with E-state index < -0.39 is 33.3 Å². The lowest BCUT2D eigenvalue weighted by Crippen LogP contribution is -2.28. The molecule has 0 aliphatic heterocycles. The number of halogens is 3. The summed E-state index contributed by atoms with van der Waals surface area (Å²) in [6.45, 7) is 0.591. The molecule has 1 heterocycles. The number of sulfone groups is 1. The average molecular weight is 377 g/mol. The van der Waals surface area contributed by atoms with Gasteiger partial charge >= 0.3 is 0 Å². The van der Waals surface area contributed by atoms with Gasteiger partial charge in [-0.1, -0.05) is 6.92 Å². The van der Waals surface area contributed by atoms with Crippen LogP contribution in [-0.4, -0.2) is 25.2 Å². The summed E-state index contributed by atoms with van der Waals surface area (Å²) in [5.41, 5.74) is -0.896. The van der Waals surface area contributed by atoms with E-state index in [0.717, 1.165) is 4.57 Å². The maximum atomic E-state index is 12.2. The summed E-state index contributed by atoms with van der Waals surface area (Å²) < 4.78 is 48.8. The van der Waals surface area contributed by atoms with Gasteiger partial charge in [0.05, 0.1) is 12.3 Å². The van der Waals surface area contributed by atoms with Crippen LogP contribution in [-0.2, 0) is 16.4 Å². The summed E-state index contributed by atoms with van der Waals surface area (Å²) in [5, 5.41) is 0. The summed E-state index contributed by atoms with van der Waals surface area (Å²) in [4.78, 5) is 11.3. The van der Waals surface area contributed by atoms with Crippen molar-refractivity contribution >= 4 is 32.4 Å². The molecule has 0 aliphatic rings. The predicted octanol–water partition coefficient (Wildman–Crippen LogP) is 1.51. The normalized spacial score (nSPS) is 12.1. The Morgan fingerprint density at radius 3 is 2.53 bits per heavy atom. The maximum Gasteiger partial charge on any atom is 0.269 e. The molecule has 96 valence electrons. The van der Waals surface area contributed by atoms with Crippen molar-refractivity contribution in [1.29, 1.82) is 0 Å². The smallest absolute Gasteiger partial charge is 0.269 e. The van der Waals surface area contributed by atoms with Crippen LogP contribution < -0.4 is 5.56 Å². The molecule has 17 heavy (non-hydrogen) atoms. The van der Waals surface area contributed by atoms with Crippen molar-refractivity contribution in [2.24, 2.45) is 0 Å². The van der Waals surface area contributed by atoms with Gasteiger partial charge in [-0.3, -0.25) is 4.79 Å². The standard InChI is InChI=1S/C9H10F2INO3S/c1-2-17(15,16)7-3-6(12)4-13(9(7)14)5-8(10)11/h3-4,8H,2,5H2,1H3. The van der Waals surface area contributed by atoms with Gasteiger partial charge in [-0.05, 0) is 28.7 Å². The van der Waals surface area contributed by atoms with Gasteiger partial charge in [-0.15, -0.1) is 0 Å². The average Bonchev–Trinajstić information content (AvgIpc) is 2.22. The van der Waals surface area contributed by atoms with E-state index in [1.165, 1.54) is 19.2 Å². The zero-order chi connectivity index (χ0) is 13.2. The van der Waals surface area contributed by atoms with Crippen LogP contribution >= 0.6 is 22.6 Å². The van der Waals surface area contributed by atoms with Crippen molar-refractivity contribution in [1.82, 2.24) is 4.57 Å². The number of pyridine rings is 1. The molecule has 4 nitrogen and oxygen atoms in total. The molecule has 0 spiro atoms. The van der Waals surface area contributed by atoms with Crippen LogP contribution in [0.25, 0.3) is 0 Å². The largest absolute Gasteiger partial charge is 0.308 e. The van der Waals surface area contributed by atoms with Crippen molar-refractivity contribution in [2.45, 2.75) is 24.8 Å². The van der Waals surface area contributed by atoms with Crippen molar-refractivity contribution in [3.8, 4) is 0 Å². The molecular formula is C9H10F2INO3S. The van der Waals surface area contributed by atoms with Crippen LogP contribution in [0.5, 0.6) is 0 Å². The van der Waals surface area contributed by atoms with Gasteiger partial charge in [-0.25, -0.2) is 17.2 Å². The van der Waals surface area contributed by atoms with Gasteiger partial charge in [0.15, 0.2) is 9.84 Å². The molecule has 8 heteroatoms. The summed E-state index contributed by atoms with van der Waals surface area (Å²) in [7, 11) is -3.69. The number of aromatic nitrogens is 1. The molecule has 1 aromatic heterocycles. The van der Waals surface area contributed by atoms with E-state index >= 15 is 0 Å². The lowest BCUT2D eigenvalue weighted by Gasteiger charge is -2.08. The Hall–Kier alpha value is -0.510. The second-order valence-corrected chi connectivity index (χ2v) is 6.77. The first-order valence-corrected chi connectivity index (χ1v) is 7.42. The minimum atomic E-state index is -3.69. The van der Waals surface area contributed by atoms with Crippen LogP contribution in [0, 0.1) is 3.57 Å². The molecular weight excluding hydrogens is 367 g/mol. The topological polar surface area (TPSA) is 56.1 Å². The van der Waals surface area contributed by atoms with Gasteiger partial charge in [0.2, 0.25) is 0 Å². The van der Waals surface area contributed by atoms with Crippen molar-refractivity contribution in [3.63, 3.8) is 0 Å². The van der Waals surface area contributed by atoms with E-state index in [-0.39, 0.29) is 5.75 Å². The monoisotopic (exact) mass is 377 g/mol. The van der Waals surface area contributed by atoms with Crippen molar-refractivity contribution < 1.29 is 17.2 Å². The fourth-order valence-electron chi connectivity index (χ4n) is 1.24. The number of alkyl halides is 2. The molecule has 0 atom stereocenters. The minimum absolute atomic E-state index is 0.239. The molecule has 0 N–H and O–H groups in total. The number of rotatable bonds is 4. The highest BCUT2D eigenvalue weighted by Crippen LogP contribution is 2.11. The highest BCUT2D eigenvalue weighted by atomic mass is 127. The van der Waals surface area contributed by atoms with E-state index in [0.29, 0.717) is 3.57 Å².